The molecule has 1 heterocycles. The first-order chi connectivity index (χ1) is 11.5. The minimum Gasteiger partial charge on any atom is -0.260 e. The molecule has 0 radical (unpaired) electrons. The molecule has 1 aromatic rings. The molecule has 1 rings (SSSR count). The molecule has 0 N–H and O–H groups in total. The first kappa shape index (κ1) is 21.0. The molecule has 0 saturated heterocycles. The maximum atomic E-state index is 13.3. The summed E-state index contributed by atoms with van der Waals surface area (Å²) in [6.07, 6.45) is 8.84. The monoisotopic (exact) mass is 343 g/mol. The number of pyridine rings is 1. The maximum Gasteiger partial charge on any atom is 0.418 e. The van der Waals surface area contributed by atoms with Gasteiger partial charge in [-0.1, -0.05) is 71.6 Å². The quantitative estimate of drug-likeness (QED) is 0.358. The lowest BCUT2D eigenvalue weighted by Gasteiger charge is -2.20. The lowest BCUT2D eigenvalue weighted by atomic mass is 9.89. The number of nitrogens with zero attached hydrogens (tertiary/aromatic N) is 1. The second kappa shape index (κ2) is 11.5. The number of halogens is 3. The zero-order chi connectivity index (χ0) is 17.8. The van der Waals surface area contributed by atoms with E-state index in [4.69, 9.17) is 0 Å². The predicted molar refractivity (Wildman–Crippen MR) is 94.1 cm³/mol. The van der Waals surface area contributed by atoms with Gasteiger partial charge in [0, 0.05) is 12.1 Å². The van der Waals surface area contributed by atoms with Crippen molar-refractivity contribution in [1.82, 2.24) is 4.98 Å². The minimum absolute atomic E-state index is 0.0682. The van der Waals surface area contributed by atoms with Crippen LogP contribution in [0.3, 0.4) is 0 Å². The Bertz CT molecular complexity index is 443. The highest BCUT2D eigenvalue weighted by Crippen LogP contribution is 2.37. The third-order valence-electron chi connectivity index (χ3n) is 4.59. The second-order valence-corrected chi connectivity index (χ2v) is 6.68. The average molecular weight is 343 g/mol. The van der Waals surface area contributed by atoms with Crippen molar-refractivity contribution in [1.29, 1.82) is 0 Å². The Morgan fingerprint density at radius 2 is 1.42 bits per heavy atom. The molecule has 138 valence electrons. The third kappa shape index (κ3) is 7.67. The van der Waals surface area contributed by atoms with Crippen LogP contribution in [-0.4, -0.2) is 4.98 Å². The molecule has 0 aliphatic rings. The van der Waals surface area contributed by atoms with Crippen molar-refractivity contribution in [3.05, 3.63) is 29.6 Å². The Morgan fingerprint density at radius 1 is 0.875 bits per heavy atom. The van der Waals surface area contributed by atoms with E-state index in [0.29, 0.717) is 0 Å². The molecule has 1 atom stereocenters. The Morgan fingerprint density at radius 3 is 1.96 bits per heavy atom. The van der Waals surface area contributed by atoms with Gasteiger partial charge in [0.1, 0.15) is 0 Å². The van der Waals surface area contributed by atoms with Crippen LogP contribution in [-0.2, 0) is 6.18 Å². The molecule has 1 nitrogen and oxygen atoms in total. The number of aromatic nitrogens is 1. The van der Waals surface area contributed by atoms with Gasteiger partial charge in [-0.2, -0.15) is 13.2 Å². The van der Waals surface area contributed by atoms with Crippen molar-refractivity contribution in [2.45, 2.75) is 96.6 Å². The molecule has 0 spiro atoms. The van der Waals surface area contributed by atoms with Gasteiger partial charge in [-0.25, -0.2) is 0 Å². The first-order valence-electron chi connectivity index (χ1n) is 9.52. The normalized spacial score (nSPS) is 13.2. The van der Waals surface area contributed by atoms with Gasteiger partial charge >= 0.3 is 6.18 Å². The summed E-state index contributed by atoms with van der Waals surface area (Å²) in [5.74, 6) is -0.0682. The van der Waals surface area contributed by atoms with E-state index in [9.17, 15) is 13.2 Å². The van der Waals surface area contributed by atoms with Crippen LogP contribution in [0.15, 0.2) is 18.3 Å². The molecule has 0 aliphatic carbocycles. The Hall–Kier alpha value is -1.06. The molecular formula is C20H32F3N. The summed E-state index contributed by atoms with van der Waals surface area (Å²) in [7, 11) is 0. The fraction of sp³-hybridized carbons (Fsp3) is 0.750. The van der Waals surface area contributed by atoms with Crippen molar-refractivity contribution in [3.63, 3.8) is 0 Å². The van der Waals surface area contributed by atoms with Crippen LogP contribution >= 0.6 is 0 Å². The van der Waals surface area contributed by atoms with Crippen LogP contribution < -0.4 is 0 Å². The summed E-state index contributed by atoms with van der Waals surface area (Å²) in [6.45, 7) is 4.31. The van der Waals surface area contributed by atoms with Crippen LogP contribution in [0, 0.1) is 0 Å². The standard InChI is InChI=1S/C20H32F3N/c1-3-5-7-9-11-14-17(13-10-8-6-4-2)19-18(20(21,22)23)15-12-16-24-19/h12,15-17H,3-11,13-14H2,1-2H3. The maximum absolute atomic E-state index is 13.3. The largest absolute Gasteiger partial charge is 0.418 e. The Balaban J connectivity index is 2.76. The van der Waals surface area contributed by atoms with Crippen LogP contribution in [0.2, 0.25) is 0 Å². The summed E-state index contributed by atoms with van der Waals surface area (Å²) in [4.78, 5) is 4.14. The van der Waals surface area contributed by atoms with Crippen molar-refractivity contribution in [2.24, 2.45) is 0 Å². The summed E-state index contributed by atoms with van der Waals surface area (Å²) >= 11 is 0. The summed E-state index contributed by atoms with van der Waals surface area (Å²) in [5.41, 5.74) is -0.281. The van der Waals surface area contributed by atoms with Gasteiger partial charge in [0.2, 0.25) is 0 Å². The van der Waals surface area contributed by atoms with E-state index in [-0.39, 0.29) is 11.6 Å². The van der Waals surface area contributed by atoms with Crippen LogP contribution in [0.4, 0.5) is 13.2 Å². The third-order valence-corrected chi connectivity index (χ3v) is 4.59. The molecule has 4 heteroatoms. The molecule has 0 fully saturated rings. The summed E-state index contributed by atoms with van der Waals surface area (Å²) in [6, 6.07) is 2.57. The van der Waals surface area contributed by atoms with Crippen molar-refractivity contribution < 1.29 is 13.2 Å². The molecule has 1 aromatic heterocycles. The number of rotatable bonds is 12. The lowest BCUT2D eigenvalue weighted by molar-refractivity contribution is -0.138. The smallest absolute Gasteiger partial charge is 0.260 e. The minimum atomic E-state index is -4.31. The predicted octanol–water partition coefficient (Wildman–Crippen LogP) is 7.51. The number of alkyl halides is 3. The topological polar surface area (TPSA) is 12.9 Å². The van der Waals surface area contributed by atoms with E-state index >= 15 is 0 Å². The molecule has 24 heavy (non-hydrogen) atoms. The zero-order valence-corrected chi connectivity index (χ0v) is 15.2. The van der Waals surface area contributed by atoms with Gasteiger partial charge in [0.05, 0.1) is 11.3 Å². The van der Waals surface area contributed by atoms with Crippen LogP contribution in [0.5, 0.6) is 0 Å². The highest BCUT2D eigenvalue weighted by atomic mass is 19.4. The Kier molecular flexibility index (Phi) is 10.0. The number of unbranched alkanes of at least 4 members (excludes halogenated alkanes) is 7. The van der Waals surface area contributed by atoms with Crippen molar-refractivity contribution >= 4 is 0 Å². The molecule has 1 unspecified atom stereocenters. The van der Waals surface area contributed by atoms with E-state index in [1.807, 2.05) is 0 Å². The van der Waals surface area contributed by atoms with Crippen molar-refractivity contribution in [2.75, 3.05) is 0 Å². The second-order valence-electron chi connectivity index (χ2n) is 6.68. The molecule has 0 aromatic carbocycles. The van der Waals surface area contributed by atoms with Gasteiger partial charge in [-0.3, -0.25) is 4.98 Å². The number of hydrogen-bond donors (Lipinski definition) is 0. The first-order valence-corrected chi connectivity index (χ1v) is 9.52. The molecule has 0 bridgehead atoms. The van der Waals surface area contributed by atoms with Crippen molar-refractivity contribution in [3.8, 4) is 0 Å². The molecular weight excluding hydrogens is 311 g/mol. The molecule has 0 amide bonds. The SMILES string of the molecule is CCCCCCCC(CCCCCC)c1ncccc1C(F)(F)F. The highest BCUT2D eigenvalue weighted by Gasteiger charge is 2.35. The van der Waals surface area contributed by atoms with E-state index < -0.39 is 11.7 Å². The summed E-state index contributed by atoms with van der Waals surface area (Å²) in [5, 5.41) is 0. The zero-order valence-electron chi connectivity index (χ0n) is 15.2. The average Bonchev–Trinajstić information content (AvgIpc) is 2.56. The Labute approximate surface area is 145 Å². The van der Waals surface area contributed by atoms with Gasteiger partial charge in [-0.15, -0.1) is 0 Å². The van der Waals surface area contributed by atoms with Gasteiger partial charge in [-0.05, 0) is 25.0 Å². The molecule has 0 saturated carbocycles. The lowest BCUT2D eigenvalue weighted by Crippen LogP contribution is -2.14. The van der Waals surface area contributed by atoms with E-state index in [1.54, 1.807) is 0 Å². The van der Waals surface area contributed by atoms with E-state index in [2.05, 4.69) is 18.8 Å². The number of hydrogen-bond acceptors (Lipinski definition) is 1. The highest BCUT2D eigenvalue weighted by molar-refractivity contribution is 5.26. The van der Waals surface area contributed by atoms with Gasteiger partial charge in [0.15, 0.2) is 0 Å². The van der Waals surface area contributed by atoms with Crippen LogP contribution in [0.25, 0.3) is 0 Å². The fourth-order valence-corrected chi connectivity index (χ4v) is 3.21. The fourth-order valence-electron chi connectivity index (χ4n) is 3.21. The summed E-state index contributed by atoms with van der Waals surface area (Å²) < 4.78 is 39.9. The molecule has 0 aliphatic heterocycles. The van der Waals surface area contributed by atoms with Crippen LogP contribution in [0.1, 0.15) is 102 Å². The van der Waals surface area contributed by atoms with E-state index in [1.165, 1.54) is 37.6 Å². The van der Waals surface area contributed by atoms with Gasteiger partial charge < -0.3 is 0 Å². The van der Waals surface area contributed by atoms with Gasteiger partial charge in [0.25, 0.3) is 0 Å². The van der Waals surface area contributed by atoms with E-state index in [0.717, 1.165) is 51.4 Å².